The molecule has 2 aromatic carbocycles. The highest BCUT2D eigenvalue weighted by molar-refractivity contribution is 7.80. The molecule has 4 heteroatoms. The zero-order chi connectivity index (χ0) is 14.8. The van der Waals surface area contributed by atoms with Crippen LogP contribution in [0.1, 0.15) is 21.5 Å². The van der Waals surface area contributed by atoms with Crippen LogP contribution in [0.25, 0.3) is 0 Å². The van der Waals surface area contributed by atoms with Crippen LogP contribution in [0.15, 0.2) is 48.5 Å². The van der Waals surface area contributed by atoms with E-state index < -0.39 is 0 Å². The van der Waals surface area contributed by atoms with Crippen molar-refractivity contribution in [1.82, 2.24) is 5.32 Å². The summed E-state index contributed by atoms with van der Waals surface area (Å²) in [5, 5.41) is 3.28. The molecular weight excluding hydrogens is 280 g/mol. The zero-order valence-electron chi connectivity index (χ0n) is 11.8. The predicted molar refractivity (Wildman–Crippen MR) is 88.7 cm³/mol. The van der Waals surface area contributed by atoms with Gasteiger partial charge in [0.15, 0.2) is 5.11 Å². The Labute approximate surface area is 129 Å². The third-order valence-electron chi connectivity index (χ3n) is 3.67. The van der Waals surface area contributed by atoms with Gasteiger partial charge in [0.2, 0.25) is 0 Å². The van der Waals surface area contributed by atoms with E-state index in [0.29, 0.717) is 10.7 Å². The first-order valence-corrected chi connectivity index (χ1v) is 7.33. The number of benzene rings is 2. The largest absolute Gasteiger partial charge is 0.318 e. The van der Waals surface area contributed by atoms with Gasteiger partial charge in [-0.05, 0) is 49.3 Å². The molecule has 0 atom stereocenters. The Morgan fingerprint density at radius 1 is 1.14 bits per heavy atom. The van der Waals surface area contributed by atoms with Gasteiger partial charge < -0.3 is 4.90 Å². The van der Waals surface area contributed by atoms with Gasteiger partial charge in [-0.3, -0.25) is 10.1 Å². The average Bonchev–Trinajstić information content (AvgIpc) is 2.92. The maximum atomic E-state index is 12.2. The first-order chi connectivity index (χ1) is 10.1. The number of thiocarbonyl (C=S) groups is 1. The summed E-state index contributed by atoms with van der Waals surface area (Å²) in [6.07, 6.45) is 0.955. The SMILES string of the molecule is Cc1ccc(C(=O)NC(=S)N2CCc3ccccc32)cc1. The molecule has 0 radical (unpaired) electrons. The van der Waals surface area contributed by atoms with Crippen molar-refractivity contribution in [2.24, 2.45) is 0 Å². The van der Waals surface area contributed by atoms with Crippen molar-refractivity contribution in [1.29, 1.82) is 0 Å². The number of anilines is 1. The van der Waals surface area contributed by atoms with Crippen molar-refractivity contribution in [3.8, 4) is 0 Å². The zero-order valence-corrected chi connectivity index (χ0v) is 12.6. The monoisotopic (exact) mass is 296 g/mol. The minimum atomic E-state index is -0.163. The summed E-state index contributed by atoms with van der Waals surface area (Å²) in [5.41, 5.74) is 4.11. The second-order valence-corrected chi connectivity index (χ2v) is 5.54. The van der Waals surface area contributed by atoms with Crippen LogP contribution in [-0.2, 0) is 6.42 Å². The van der Waals surface area contributed by atoms with Gasteiger partial charge >= 0.3 is 0 Å². The molecule has 1 heterocycles. The van der Waals surface area contributed by atoms with Gasteiger partial charge in [0.05, 0.1) is 0 Å². The van der Waals surface area contributed by atoms with Gasteiger partial charge in [0.25, 0.3) is 5.91 Å². The van der Waals surface area contributed by atoms with E-state index in [1.807, 2.05) is 54.3 Å². The lowest BCUT2D eigenvalue weighted by atomic mass is 10.1. The Kier molecular flexibility index (Phi) is 3.71. The standard InChI is InChI=1S/C17H16N2OS/c1-12-6-8-14(9-7-12)16(20)18-17(21)19-11-10-13-4-2-3-5-15(13)19/h2-9H,10-11H2,1H3,(H,18,20,21). The van der Waals surface area contributed by atoms with Crippen molar-refractivity contribution >= 4 is 28.9 Å². The van der Waals surface area contributed by atoms with E-state index in [2.05, 4.69) is 11.4 Å². The number of hydrogen-bond donors (Lipinski definition) is 1. The van der Waals surface area contributed by atoms with Crippen molar-refractivity contribution in [3.63, 3.8) is 0 Å². The molecule has 2 aromatic rings. The molecular formula is C17H16N2OS. The van der Waals surface area contributed by atoms with Crippen molar-refractivity contribution in [2.75, 3.05) is 11.4 Å². The molecule has 0 unspecified atom stereocenters. The van der Waals surface area contributed by atoms with E-state index in [0.717, 1.165) is 24.2 Å². The quantitative estimate of drug-likeness (QED) is 0.821. The van der Waals surface area contributed by atoms with Gasteiger partial charge in [0, 0.05) is 17.8 Å². The van der Waals surface area contributed by atoms with Crippen LogP contribution in [-0.4, -0.2) is 17.6 Å². The first kappa shape index (κ1) is 13.8. The molecule has 0 aliphatic carbocycles. The number of rotatable bonds is 1. The van der Waals surface area contributed by atoms with Crippen LogP contribution >= 0.6 is 12.2 Å². The van der Waals surface area contributed by atoms with Crippen LogP contribution in [0.2, 0.25) is 0 Å². The molecule has 1 aliphatic heterocycles. The highest BCUT2D eigenvalue weighted by Gasteiger charge is 2.22. The predicted octanol–water partition coefficient (Wildman–Crippen LogP) is 3.07. The molecule has 21 heavy (non-hydrogen) atoms. The summed E-state index contributed by atoms with van der Waals surface area (Å²) in [7, 11) is 0. The third kappa shape index (κ3) is 2.81. The molecule has 0 spiro atoms. The van der Waals surface area contributed by atoms with Crippen LogP contribution in [0.3, 0.4) is 0 Å². The van der Waals surface area contributed by atoms with E-state index in [-0.39, 0.29) is 5.91 Å². The van der Waals surface area contributed by atoms with Gasteiger partial charge in [-0.1, -0.05) is 35.9 Å². The van der Waals surface area contributed by atoms with Crippen LogP contribution < -0.4 is 10.2 Å². The lowest BCUT2D eigenvalue weighted by Crippen LogP contribution is -2.41. The van der Waals surface area contributed by atoms with E-state index in [1.54, 1.807) is 0 Å². The molecule has 1 amide bonds. The van der Waals surface area contributed by atoms with Gasteiger partial charge in [0.1, 0.15) is 0 Å². The lowest BCUT2D eigenvalue weighted by molar-refractivity contribution is 0.0977. The Morgan fingerprint density at radius 2 is 1.86 bits per heavy atom. The molecule has 1 aliphatic rings. The number of fused-ring (bicyclic) bond motifs is 1. The molecule has 3 rings (SSSR count). The van der Waals surface area contributed by atoms with E-state index in [1.165, 1.54) is 5.56 Å². The number of carbonyl (C=O) groups is 1. The summed E-state index contributed by atoms with van der Waals surface area (Å²) >= 11 is 5.39. The van der Waals surface area contributed by atoms with Crippen LogP contribution in [0.4, 0.5) is 5.69 Å². The van der Waals surface area contributed by atoms with Crippen molar-refractivity contribution < 1.29 is 4.79 Å². The lowest BCUT2D eigenvalue weighted by Gasteiger charge is -2.20. The molecule has 0 saturated heterocycles. The summed E-state index contributed by atoms with van der Waals surface area (Å²) in [6.45, 7) is 2.81. The average molecular weight is 296 g/mol. The fourth-order valence-corrected chi connectivity index (χ4v) is 2.77. The maximum absolute atomic E-state index is 12.2. The van der Waals surface area contributed by atoms with E-state index in [4.69, 9.17) is 12.2 Å². The Bertz CT molecular complexity index is 694. The van der Waals surface area contributed by atoms with Crippen molar-refractivity contribution in [3.05, 3.63) is 65.2 Å². The Balaban J connectivity index is 1.73. The van der Waals surface area contributed by atoms with Gasteiger partial charge in [-0.2, -0.15) is 0 Å². The van der Waals surface area contributed by atoms with Gasteiger partial charge in [-0.25, -0.2) is 0 Å². The summed E-state index contributed by atoms with van der Waals surface area (Å²) < 4.78 is 0. The molecule has 0 fully saturated rings. The molecule has 106 valence electrons. The summed E-state index contributed by atoms with van der Waals surface area (Å²) in [6, 6.07) is 15.6. The van der Waals surface area contributed by atoms with Crippen LogP contribution in [0.5, 0.6) is 0 Å². The molecule has 1 N–H and O–H groups in total. The maximum Gasteiger partial charge on any atom is 0.257 e. The number of carbonyl (C=O) groups excluding carboxylic acids is 1. The minimum absolute atomic E-state index is 0.163. The van der Waals surface area contributed by atoms with Gasteiger partial charge in [-0.15, -0.1) is 0 Å². The van der Waals surface area contributed by atoms with Crippen molar-refractivity contribution in [2.45, 2.75) is 13.3 Å². The third-order valence-corrected chi connectivity index (χ3v) is 3.99. The molecule has 0 bridgehead atoms. The van der Waals surface area contributed by atoms with E-state index >= 15 is 0 Å². The minimum Gasteiger partial charge on any atom is -0.318 e. The summed E-state index contributed by atoms with van der Waals surface area (Å²) in [5.74, 6) is -0.163. The number of para-hydroxylation sites is 1. The highest BCUT2D eigenvalue weighted by Crippen LogP contribution is 2.27. The number of amides is 1. The second-order valence-electron chi connectivity index (χ2n) is 5.16. The molecule has 0 aromatic heterocycles. The second kappa shape index (κ2) is 5.66. The Hall–Kier alpha value is -2.20. The topological polar surface area (TPSA) is 32.3 Å². The smallest absolute Gasteiger partial charge is 0.257 e. The number of nitrogens with zero attached hydrogens (tertiary/aromatic N) is 1. The fraction of sp³-hybridized carbons (Fsp3) is 0.176. The Morgan fingerprint density at radius 3 is 2.62 bits per heavy atom. The number of aryl methyl sites for hydroxylation is 1. The summed E-state index contributed by atoms with van der Waals surface area (Å²) in [4.78, 5) is 14.2. The first-order valence-electron chi connectivity index (χ1n) is 6.92. The normalized spacial score (nSPS) is 12.9. The number of hydrogen-bond acceptors (Lipinski definition) is 2. The fourth-order valence-electron chi connectivity index (χ4n) is 2.49. The van der Waals surface area contributed by atoms with E-state index in [9.17, 15) is 4.79 Å². The number of nitrogens with one attached hydrogen (secondary N) is 1. The molecule has 3 nitrogen and oxygen atoms in total. The molecule has 0 saturated carbocycles. The van der Waals surface area contributed by atoms with Crippen LogP contribution in [0, 0.1) is 6.92 Å². The highest BCUT2D eigenvalue weighted by atomic mass is 32.1.